The average Bonchev–Trinajstić information content (AvgIpc) is 2.88. The van der Waals surface area contributed by atoms with Gasteiger partial charge in [0.15, 0.2) is 0 Å². The van der Waals surface area contributed by atoms with Crippen LogP contribution in [0.5, 0.6) is 0 Å². The topological polar surface area (TPSA) is 66.8 Å². The van der Waals surface area contributed by atoms with Gasteiger partial charge in [0.1, 0.15) is 5.92 Å². The summed E-state index contributed by atoms with van der Waals surface area (Å²) in [6, 6.07) is 5.26. The number of carbonyl (C=O) groups excluding carboxylic acids is 1. The number of hydrogen-bond acceptors (Lipinski definition) is 3. The molecule has 0 bridgehead atoms. The van der Waals surface area contributed by atoms with Gasteiger partial charge < -0.3 is 14.7 Å². The van der Waals surface area contributed by atoms with Gasteiger partial charge in [-0.2, -0.15) is 0 Å². The Morgan fingerprint density at radius 2 is 2.05 bits per heavy atom. The van der Waals surface area contributed by atoms with Crippen LogP contribution < -0.4 is 0 Å². The molecular weight excluding hydrogens is 270 g/mol. The second-order valence-corrected chi connectivity index (χ2v) is 5.46. The zero-order valence-electron chi connectivity index (χ0n) is 12.6. The molecule has 0 saturated carbocycles. The largest absolute Gasteiger partial charge is 0.481 e. The number of amides is 1. The Hall–Kier alpha value is -1.88. The Balaban J connectivity index is 2.28. The van der Waals surface area contributed by atoms with Crippen molar-refractivity contribution in [1.29, 1.82) is 0 Å². The van der Waals surface area contributed by atoms with E-state index in [1.165, 1.54) is 0 Å². The molecule has 1 fully saturated rings. The van der Waals surface area contributed by atoms with E-state index in [1.807, 2.05) is 32.9 Å². The molecule has 0 spiro atoms. The number of rotatable bonds is 4. The molecule has 1 aromatic rings. The van der Waals surface area contributed by atoms with Crippen molar-refractivity contribution in [3.8, 4) is 0 Å². The van der Waals surface area contributed by atoms with Gasteiger partial charge in [0, 0.05) is 12.1 Å². The first-order valence-corrected chi connectivity index (χ1v) is 7.14. The summed E-state index contributed by atoms with van der Waals surface area (Å²) in [5.74, 6) is -1.69. The van der Waals surface area contributed by atoms with E-state index < -0.39 is 17.9 Å². The van der Waals surface area contributed by atoms with E-state index in [-0.39, 0.29) is 19.1 Å². The number of carboxylic acid groups (broad SMARTS) is 1. The molecule has 2 atom stereocenters. The number of carboxylic acids is 1. The zero-order valence-corrected chi connectivity index (χ0v) is 12.6. The summed E-state index contributed by atoms with van der Waals surface area (Å²) in [6.45, 7) is 6.64. The minimum atomic E-state index is -0.913. The minimum Gasteiger partial charge on any atom is -0.481 e. The fourth-order valence-electron chi connectivity index (χ4n) is 2.82. The molecule has 2 rings (SSSR count). The lowest BCUT2D eigenvalue weighted by Gasteiger charge is -2.30. The van der Waals surface area contributed by atoms with Gasteiger partial charge in [-0.3, -0.25) is 9.59 Å². The predicted molar refractivity (Wildman–Crippen MR) is 78.4 cm³/mol. The number of aryl methyl sites for hydroxylation is 2. The van der Waals surface area contributed by atoms with Crippen molar-refractivity contribution in [2.45, 2.75) is 26.8 Å². The second kappa shape index (κ2) is 6.26. The van der Waals surface area contributed by atoms with Crippen LogP contribution in [0.4, 0.5) is 0 Å². The average molecular weight is 291 g/mol. The number of likely N-dealkylation sites (N-methyl/N-ethyl adjacent to an activating group) is 1. The van der Waals surface area contributed by atoms with Crippen LogP contribution in [0.2, 0.25) is 0 Å². The summed E-state index contributed by atoms with van der Waals surface area (Å²) in [5.41, 5.74) is 2.63. The van der Waals surface area contributed by atoms with Gasteiger partial charge in [0.2, 0.25) is 0 Å². The maximum absolute atomic E-state index is 12.7. The van der Waals surface area contributed by atoms with E-state index in [0.29, 0.717) is 12.1 Å². The van der Waals surface area contributed by atoms with Crippen molar-refractivity contribution in [2.75, 3.05) is 19.8 Å². The number of nitrogens with zero attached hydrogens (tertiary/aromatic N) is 1. The number of hydrogen-bond donors (Lipinski definition) is 1. The van der Waals surface area contributed by atoms with Crippen LogP contribution in [0.25, 0.3) is 0 Å². The van der Waals surface area contributed by atoms with Crippen LogP contribution in [0, 0.1) is 19.8 Å². The lowest BCUT2D eigenvalue weighted by atomic mass is 9.99. The molecule has 1 amide bonds. The van der Waals surface area contributed by atoms with E-state index in [9.17, 15) is 14.7 Å². The van der Waals surface area contributed by atoms with Crippen molar-refractivity contribution >= 4 is 11.9 Å². The Labute approximate surface area is 124 Å². The van der Waals surface area contributed by atoms with Gasteiger partial charge in [-0.05, 0) is 32.4 Å². The van der Waals surface area contributed by atoms with E-state index in [2.05, 4.69) is 0 Å². The molecule has 0 aliphatic carbocycles. The first-order chi connectivity index (χ1) is 9.95. The van der Waals surface area contributed by atoms with E-state index in [1.54, 1.807) is 11.0 Å². The molecule has 21 heavy (non-hydrogen) atoms. The molecule has 1 aliphatic rings. The highest BCUT2D eigenvalue weighted by atomic mass is 16.5. The van der Waals surface area contributed by atoms with Crippen molar-refractivity contribution in [2.24, 2.45) is 5.92 Å². The third kappa shape index (κ3) is 3.08. The number of carbonyl (C=O) groups is 2. The van der Waals surface area contributed by atoms with Gasteiger partial charge in [-0.15, -0.1) is 0 Å². The molecule has 0 aromatic heterocycles. The minimum absolute atomic E-state index is 0.128. The predicted octanol–water partition coefficient (Wildman–Crippen LogP) is 1.87. The summed E-state index contributed by atoms with van der Waals surface area (Å²) >= 11 is 0. The molecule has 5 heteroatoms. The normalized spacial score (nSPS) is 21.3. The fourth-order valence-corrected chi connectivity index (χ4v) is 2.82. The second-order valence-electron chi connectivity index (χ2n) is 5.46. The van der Waals surface area contributed by atoms with Crippen LogP contribution in [-0.2, 0) is 9.53 Å². The highest BCUT2D eigenvalue weighted by molar-refractivity contribution is 5.96. The Bertz CT molecular complexity index is 555. The summed E-state index contributed by atoms with van der Waals surface area (Å²) < 4.78 is 5.27. The summed E-state index contributed by atoms with van der Waals surface area (Å²) in [5, 5.41) is 9.25. The smallest absolute Gasteiger partial charge is 0.311 e. The van der Waals surface area contributed by atoms with Gasteiger partial charge in [0.05, 0.1) is 19.3 Å². The van der Waals surface area contributed by atoms with E-state index in [4.69, 9.17) is 4.74 Å². The maximum atomic E-state index is 12.7. The number of ether oxygens (including phenoxy) is 1. The van der Waals surface area contributed by atoms with Crippen LogP contribution in [0.1, 0.15) is 28.4 Å². The van der Waals surface area contributed by atoms with Crippen molar-refractivity contribution in [3.05, 3.63) is 34.9 Å². The molecule has 1 aromatic carbocycles. The molecule has 114 valence electrons. The lowest BCUT2D eigenvalue weighted by Crippen LogP contribution is -2.46. The van der Waals surface area contributed by atoms with Crippen molar-refractivity contribution in [1.82, 2.24) is 4.90 Å². The van der Waals surface area contributed by atoms with Crippen molar-refractivity contribution in [3.63, 3.8) is 0 Å². The lowest BCUT2D eigenvalue weighted by molar-refractivity contribution is -0.142. The Morgan fingerprint density at radius 1 is 1.33 bits per heavy atom. The number of aliphatic carboxylic acids is 1. The van der Waals surface area contributed by atoms with Gasteiger partial charge in [0.25, 0.3) is 5.91 Å². The number of benzene rings is 1. The van der Waals surface area contributed by atoms with Crippen molar-refractivity contribution < 1.29 is 19.4 Å². The van der Waals surface area contributed by atoms with Crippen LogP contribution >= 0.6 is 0 Å². The molecule has 1 N–H and O–H groups in total. The molecule has 1 heterocycles. The molecule has 0 radical (unpaired) electrons. The molecule has 2 unspecified atom stereocenters. The highest BCUT2D eigenvalue weighted by Gasteiger charge is 2.39. The van der Waals surface area contributed by atoms with Crippen LogP contribution in [-0.4, -0.2) is 47.7 Å². The summed E-state index contributed by atoms with van der Waals surface area (Å²) in [4.78, 5) is 25.6. The summed E-state index contributed by atoms with van der Waals surface area (Å²) in [6.07, 6.45) is 0. The third-order valence-electron chi connectivity index (χ3n) is 3.98. The molecular formula is C16H21NO4. The van der Waals surface area contributed by atoms with Gasteiger partial charge >= 0.3 is 5.97 Å². The quantitative estimate of drug-likeness (QED) is 0.919. The first-order valence-electron chi connectivity index (χ1n) is 7.14. The zero-order chi connectivity index (χ0) is 15.6. The maximum Gasteiger partial charge on any atom is 0.311 e. The van der Waals surface area contributed by atoms with E-state index >= 15 is 0 Å². The van der Waals surface area contributed by atoms with Crippen LogP contribution in [0.3, 0.4) is 0 Å². The molecule has 1 saturated heterocycles. The first kappa shape index (κ1) is 15.5. The highest BCUT2D eigenvalue weighted by Crippen LogP contribution is 2.23. The van der Waals surface area contributed by atoms with Crippen LogP contribution in [0.15, 0.2) is 18.2 Å². The Morgan fingerprint density at radius 3 is 2.62 bits per heavy atom. The monoisotopic (exact) mass is 291 g/mol. The fraction of sp³-hybridized carbons (Fsp3) is 0.500. The molecule has 1 aliphatic heterocycles. The summed E-state index contributed by atoms with van der Waals surface area (Å²) in [7, 11) is 0. The van der Waals surface area contributed by atoms with Gasteiger partial charge in [-0.1, -0.05) is 17.7 Å². The SMILES string of the molecule is CCN(C(=O)c1ccc(C)cc1C)C1COCC1C(=O)O. The molecule has 5 nitrogen and oxygen atoms in total. The van der Waals surface area contributed by atoms with Gasteiger partial charge in [-0.25, -0.2) is 0 Å². The van der Waals surface area contributed by atoms with E-state index in [0.717, 1.165) is 11.1 Å². The Kier molecular flexibility index (Phi) is 4.63. The third-order valence-corrected chi connectivity index (χ3v) is 3.98. The standard InChI is InChI=1S/C16H21NO4/c1-4-17(14-9-21-8-13(14)16(19)20)15(18)12-6-5-10(2)7-11(12)3/h5-7,13-14H,4,8-9H2,1-3H3,(H,19,20).